The van der Waals surface area contributed by atoms with Crippen molar-refractivity contribution in [1.82, 2.24) is 10.3 Å². The number of aryl methyl sites for hydroxylation is 1. The van der Waals surface area contributed by atoms with Crippen molar-refractivity contribution in [1.29, 1.82) is 0 Å². The van der Waals surface area contributed by atoms with Crippen LogP contribution in [0.2, 0.25) is 0 Å². The van der Waals surface area contributed by atoms with Gasteiger partial charge in [-0.05, 0) is 67.1 Å². The maximum Gasteiger partial charge on any atom is 0.272 e. The Balaban J connectivity index is 1.25. The van der Waals surface area contributed by atoms with Gasteiger partial charge >= 0.3 is 0 Å². The van der Waals surface area contributed by atoms with Crippen LogP contribution in [-0.2, 0) is 9.59 Å². The molecule has 0 aliphatic rings. The summed E-state index contributed by atoms with van der Waals surface area (Å²) >= 11 is 1.38. The molecule has 0 saturated heterocycles. The van der Waals surface area contributed by atoms with Gasteiger partial charge in [0.15, 0.2) is 0 Å². The minimum absolute atomic E-state index is 0.0845. The molecule has 6 aromatic rings. The van der Waals surface area contributed by atoms with Crippen molar-refractivity contribution < 1.29 is 14.4 Å². The molecule has 1 unspecified atom stereocenters. The standard InChI is InChI=1S/C39H32N4O3S/c1-26-19-21-30(22-20-26)41-39(46)36(27-11-4-2-5-12-27)47-32-16-10-15-31(24-32)42-38(45)35(43-37(44)28-13-6-3-7-14-28)23-29-25-40-34-18-9-8-17-33(29)34/h2-25,36,40H,1H3,(H,41,46)(H,42,45)(H,43,44)/b35-23-. The molecule has 7 nitrogen and oxygen atoms in total. The van der Waals surface area contributed by atoms with Gasteiger partial charge in [-0.2, -0.15) is 0 Å². The predicted molar refractivity (Wildman–Crippen MR) is 190 cm³/mol. The van der Waals surface area contributed by atoms with E-state index in [-0.39, 0.29) is 11.6 Å². The molecule has 6 rings (SSSR count). The highest BCUT2D eigenvalue weighted by Gasteiger charge is 2.23. The molecule has 3 amide bonds. The summed E-state index contributed by atoms with van der Waals surface area (Å²) in [6.07, 6.45) is 3.46. The number of carbonyl (C=O) groups is 3. The van der Waals surface area contributed by atoms with E-state index < -0.39 is 17.1 Å². The molecule has 47 heavy (non-hydrogen) atoms. The fraction of sp³-hybridized carbons (Fsp3) is 0.0513. The molecular weight excluding hydrogens is 605 g/mol. The second-order valence-corrected chi connectivity index (χ2v) is 12.1. The molecule has 1 aromatic heterocycles. The lowest BCUT2D eigenvalue weighted by atomic mass is 10.1. The van der Waals surface area contributed by atoms with E-state index in [1.165, 1.54) is 11.8 Å². The molecule has 5 aromatic carbocycles. The highest BCUT2D eigenvalue weighted by Crippen LogP contribution is 2.37. The molecule has 232 valence electrons. The largest absolute Gasteiger partial charge is 0.361 e. The molecule has 0 spiro atoms. The van der Waals surface area contributed by atoms with Gasteiger partial charge < -0.3 is 20.9 Å². The lowest BCUT2D eigenvalue weighted by Gasteiger charge is -2.18. The number of fused-ring (bicyclic) bond motifs is 1. The number of aromatic nitrogens is 1. The SMILES string of the molecule is Cc1ccc(NC(=O)C(Sc2cccc(NC(=O)/C(=C/c3c[nH]c4ccccc34)NC(=O)c3ccccc3)c2)c2ccccc2)cc1. The molecule has 8 heteroatoms. The number of anilines is 2. The molecule has 0 saturated carbocycles. The Labute approximate surface area is 277 Å². The van der Waals surface area contributed by atoms with Crippen molar-refractivity contribution in [3.63, 3.8) is 0 Å². The van der Waals surface area contributed by atoms with Crippen LogP contribution in [0, 0.1) is 6.92 Å². The Kier molecular flexibility index (Phi) is 9.60. The quantitative estimate of drug-likeness (QED) is 0.0896. The number of carbonyl (C=O) groups excluding carboxylic acids is 3. The summed E-state index contributed by atoms with van der Waals surface area (Å²) in [6.45, 7) is 2.00. The first-order valence-corrected chi connectivity index (χ1v) is 16.0. The van der Waals surface area contributed by atoms with Gasteiger partial charge in [-0.3, -0.25) is 14.4 Å². The normalized spacial score (nSPS) is 11.9. The van der Waals surface area contributed by atoms with Gasteiger partial charge in [0.1, 0.15) is 10.9 Å². The van der Waals surface area contributed by atoms with E-state index in [0.29, 0.717) is 11.3 Å². The smallest absolute Gasteiger partial charge is 0.272 e. The first-order valence-electron chi connectivity index (χ1n) is 15.1. The zero-order valence-electron chi connectivity index (χ0n) is 25.6. The molecule has 0 aliphatic heterocycles. The van der Waals surface area contributed by atoms with Crippen molar-refractivity contribution in [2.24, 2.45) is 0 Å². The third-order valence-electron chi connectivity index (χ3n) is 7.46. The Hall–Kier alpha value is -5.86. The number of aromatic amines is 1. The summed E-state index contributed by atoms with van der Waals surface area (Å²) in [5, 5.41) is 9.15. The van der Waals surface area contributed by atoms with E-state index >= 15 is 0 Å². The van der Waals surface area contributed by atoms with Gasteiger partial charge in [-0.25, -0.2) is 0 Å². The molecular formula is C39H32N4O3S. The highest BCUT2D eigenvalue weighted by atomic mass is 32.2. The number of rotatable bonds is 10. The topological polar surface area (TPSA) is 103 Å². The summed E-state index contributed by atoms with van der Waals surface area (Å²) in [5.41, 5.74) is 5.38. The Morgan fingerprint density at radius 3 is 2.19 bits per heavy atom. The summed E-state index contributed by atoms with van der Waals surface area (Å²) in [4.78, 5) is 44.5. The average Bonchev–Trinajstić information content (AvgIpc) is 3.51. The molecule has 0 fully saturated rings. The summed E-state index contributed by atoms with van der Waals surface area (Å²) < 4.78 is 0. The van der Waals surface area contributed by atoms with Crippen molar-refractivity contribution in [3.8, 4) is 0 Å². The fourth-order valence-electron chi connectivity index (χ4n) is 5.04. The summed E-state index contributed by atoms with van der Waals surface area (Å²) in [6, 6.07) is 41.1. The van der Waals surface area contributed by atoms with Gasteiger partial charge in [-0.1, -0.05) is 90.5 Å². The Morgan fingerprint density at radius 2 is 1.43 bits per heavy atom. The van der Waals surface area contributed by atoms with Gasteiger partial charge in [0, 0.05) is 44.5 Å². The van der Waals surface area contributed by atoms with E-state index in [9.17, 15) is 14.4 Å². The molecule has 4 N–H and O–H groups in total. The van der Waals surface area contributed by atoms with Gasteiger partial charge in [0.25, 0.3) is 11.8 Å². The third kappa shape index (κ3) is 7.87. The minimum atomic E-state index is -0.550. The van der Waals surface area contributed by atoms with E-state index in [2.05, 4.69) is 20.9 Å². The number of thioether (sulfide) groups is 1. The van der Waals surface area contributed by atoms with E-state index in [0.717, 1.165) is 38.2 Å². The molecule has 1 atom stereocenters. The zero-order chi connectivity index (χ0) is 32.6. The van der Waals surface area contributed by atoms with Crippen LogP contribution >= 0.6 is 11.8 Å². The lowest BCUT2D eigenvalue weighted by molar-refractivity contribution is -0.116. The predicted octanol–water partition coefficient (Wildman–Crippen LogP) is 8.36. The number of H-pyrrole nitrogens is 1. The Morgan fingerprint density at radius 1 is 0.723 bits per heavy atom. The number of amides is 3. The second-order valence-electron chi connectivity index (χ2n) is 10.9. The molecule has 0 aliphatic carbocycles. The van der Waals surface area contributed by atoms with Crippen LogP contribution in [0.5, 0.6) is 0 Å². The van der Waals surface area contributed by atoms with Crippen LogP contribution < -0.4 is 16.0 Å². The molecule has 0 radical (unpaired) electrons. The van der Waals surface area contributed by atoms with E-state index in [1.54, 1.807) is 42.6 Å². The van der Waals surface area contributed by atoms with Crippen LogP contribution in [0.25, 0.3) is 17.0 Å². The minimum Gasteiger partial charge on any atom is -0.361 e. The van der Waals surface area contributed by atoms with E-state index in [1.807, 2.05) is 110 Å². The molecule has 1 heterocycles. The van der Waals surface area contributed by atoms with Crippen molar-refractivity contribution >= 4 is 57.8 Å². The summed E-state index contributed by atoms with van der Waals surface area (Å²) in [7, 11) is 0. The Bertz CT molecular complexity index is 2060. The average molecular weight is 637 g/mol. The highest BCUT2D eigenvalue weighted by molar-refractivity contribution is 8.00. The maximum absolute atomic E-state index is 13.8. The van der Waals surface area contributed by atoms with Crippen molar-refractivity contribution in [3.05, 3.63) is 168 Å². The van der Waals surface area contributed by atoms with Gasteiger partial charge in [0.05, 0.1) is 0 Å². The van der Waals surface area contributed by atoms with Gasteiger partial charge in [-0.15, -0.1) is 11.8 Å². The zero-order valence-corrected chi connectivity index (χ0v) is 26.4. The number of para-hydroxylation sites is 1. The van der Waals surface area contributed by atoms with Crippen LogP contribution in [0.4, 0.5) is 11.4 Å². The fourth-order valence-corrected chi connectivity index (χ4v) is 6.12. The number of hydrogen-bond donors (Lipinski definition) is 4. The second kappa shape index (κ2) is 14.5. The van der Waals surface area contributed by atoms with Crippen LogP contribution in [-0.4, -0.2) is 22.7 Å². The number of hydrogen-bond acceptors (Lipinski definition) is 4. The van der Waals surface area contributed by atoms with Crippen LogP contribution in [0.3, 0.4) is 0 Å². The monoisotopic (exact) mass is 636 g/mol. The third-order valence-corrected chi connectivity index (χ3v) is 8.70. The number of nitrogens with one attached hydrogen (secondary N) is 4. The number of benzene rings is 5. The first-order chi connectivity index (χ1) is 22.9. The van der Waals surface area contributed by atoms with Crippen molar-refractivity contribution in [2.45, 2.75) is 17.1 Å². The van der Waals surface area contributed by atoms with Crippen LogP contribution in [0.1, 0.15) is 32.3 Å². The van der Waals surface area contributed by atoms with Gasteiger partial charge in [0.2, 0.25) is 5.91 Å². The van der Waals surface area contributed by atoms with E-state index in [4.69, 9.17) is 0 Å². The van der Waals surface area contributed by atoms with Crippen molar-refractivity contribution in [2.75, 3.05) is 10.6 Å². The van der Waals surface area contributed by atoms with Crippen LogP contribution in [0.15, 0.2) is 150 Å². The summed E-state index contributed by atoms with van der Waals surface area (Å²) in [5.74, 6) is -1.05. The molecule has 0 bridgehead atoms. The first kappa shape index (κ1) is 31.1. The maximum atomic E-state index is 13.8. The lowest BCUT2D eigenvalue weighted by Crippen LogP contribution is -2.30.